The van der Waals surface area contributed by atoms with Crippen molar-refractivity contribution in [3.63, 3.8) is 0 Å². The molecule has 0 unspecified atom stereocenters. The fraction of sp³-hybridized carbons (Fsp3) is 0.571. The van der Waals surface area contributed by atoms with Gasteiger partial charge in [-0.3, -0.25) is 4.57 Å². The van der Waals surface area contributed by atoms with Crippen molar-refractivity contribution < 1.29 is 8.42 Å². The van der Waals surface area contributed by atoms with Crippen molar-refractivity contribution >= 4 is 16.0 Å². The predicted octanol–water partition coefficient (Wildman–Crippen LogP) is 0.292. The highest BCUT2D eigenvalue weighted by atomic mass is 32.2. The lowest BCUT2D eigenvalue weighted by Crippen LogP contribution is -2.49. The Balaban J connectivity index is 1.78. The molecular formula is C14H22N6O2S. The summed E-state index contributed by atoms with van der Waals surface area (Å²) in [5.41, 5.74) is 0.999. The largest absolute Gasteiger partial charge is 0.348 e. The molecule has 126 valence electrons. The molecule has 0 radical (unpaired) electrons. The molecule has 2 aromatic rings. The zero-order valence-corrected chi connectivity index (χ0v) is 14.5. The minimum atomic E-state index is -3.11. The van der Waals surface area contributed by atoms with Gasteiger partial charge in [0.2, 0.25) is 16.0 Å². The zero-order chi connectivity index (χ0) is 16.6. The molecule has 8 nitrogen and oxygen atoms in total. The van der Waals surface area contributed by atoms with Crippen molar-refractivity contribution in [3.8, 4) is 11.5 Å². The maximum atomic E-state index is 11.9. The SMILES string of the molecule is CCS(=O)(=O)N1CCN(c2nnc(-c3cccn3C)n2C)CC1. The van der Waals surface area contributed by atoms with E-state index in [0.29, 0.717) is 26.2 Å². The van der Waals surface area contributed by atoms with E-state index in [1.54, 1.807) is 11.2 Å². The number of nitrogens with zero attached hydrogens (tertiary/aromatic N) is 6. The Hall–Kier alpha value is -1.87. The molecule has 3 heterocycles. The maximum absolute atomic E-state index is 11.9. The molecule has 9 heteroatoms. The van der Waals surface area contributed by atoms with E-state index in [-0.39, 0.29) is 5.75 Å². The number of anilines is 1. The van der Waals surface area contributed by atoms with Crippen molar-refractivity contribution in [1.82, 2.24) is 23.6 Å². The summed E-state index contributed by atoms with van der Waals surface area (Å²) in [5.74, 6) is 1.72. The first kappa shape index (κ1) is 16.0. The summed E-state index contributed by atoms with van der Waals surface area (Å²) in [4.78, 5) is 2.08. The van der Waals surface area contributed by atoms with Gasteiger partial charge in [-0.15, -0.1) is 10.2 Å². The van der Waals surface area contributed by atoms with Gasteiger partial charge >= 0.3 is 0 Å². The van der Waals surface area contributed by atoms with Crippen LogP contribution in [0.4, 0.5) is 5.95 Å². The van der Waals surface area contributed by atoms with Crippen LogP contribution in [0, 0.1) is 0 Å². The van der Waals surface area contributed by atoms with Crippen LogP contribution in [-0.4, -0.2) is 64.0 Å². The third-order valence-electron chi connectivity index (χ3n) is 4.30. The smallest absolute Gasteiger partial charge is 0.227 e. The van der Waals surface area contributed by atoms with E-state index < -0.39 is 10.0 Å². The van der Waals surface area contributed by atoms with Gasteiger partial charge in [0.05, 0.1) is 11.4 Å². The van der Waals surface area contributed by atoms with Gasteiger partial charge in [0.25, 0.3) is 0 Å². The first-order valence-electron chi connectivity index (χ1n) is 7.68. The number of rotatable bonds is 4. The highest BCUT2D eigenvalue weighted by Crippen LogP contribution is 2.22. The van der Waals surface area contributed by atoms with Gasteiger partial charge in [-0.1, -0.05) is 0 Å². The lowest BCUT2D eigenvalue weighted by atomic mass is 10.4. The summed E-state index contributed by atoms with van der Waals surface area (Å²) < 4.78 is 29.4. The maximum Gasteiger partial charge on any atom is 0.227 e. The van der Waals surface area contributed by atoms with Crippen LogP contribution in [0.1, 0.15) is 6.92 Å². The number of hydrogen-bond donors (Lipinski definition) is 0. The van der Waals surface area contributed by atoms with Gasteiger partial charge in [0.15, 0.2) is 5.82 Å². The highest BCUT2D eigenvalue weighted by molar-refractivity contribution is 7.89. The minimum Gasteiger partial charge on any atom is -0.348 e. The fourth-order valence-corrected chi connectivity index (χ4v) is 3.95. The molecule has 0 N–H and O–H groups in total. The molecule has 0 amide bonds. The lowest BCUT2D eigenvalue weighted by Gasteiger charge is -2.34. The Morgan fingerprint density at radius 1 is 1.13 bits per heavy atom. The van der Waals surface area contributed by atoms with Crippen LogP contribution in [0.15, 0.2) is 18.3 Å². The Kier molecular flexibility index (Phi) is 4.15. The second-order valence-electron chi connectivity index (χ2n) is 5.67. The molecule has 1 fully saturated rings. The van der Waals surface area contributed by atoms with Crippen LogP contribution in [0.25, 0.3) is 11.5 Å². The molecule has 0 saturated carbocycles. The van der Waals surface area contributed by atoms with Crippen molar-refractivity contribution in [1.29, 1.82) is 0 Å². The van der Waals surface area contributed by atoms with E-state index in [0.717, 1.165) is 17.5 Å². The zero-order valence-electron chi connectivity index (χ0n) is 13.7. The number of sulfonamides is 1. The van der Waals surface area contributed by atoms with E-state index in [1.165, 1.54) is 0 Å². The Morgan fingerprint density at radius 3 is 2.39 bits per heavy atom. The van der Waals surface area contributed by atoms with E-state index >= 15 is 0 Å². The van der Waals surface area contributed by atoms with Crippen LogP contribution in [-0.2, 0) is 24.1 Å². The molecule has 3 rings (SSSR count). The molecule has 23 heavy (non-hydrogen) atoms. The summed E-state index contributed by atoms with van der Waals surface area (Å²) >= 11 is 0. The molecule has 0 aromatic carbocycles. The first-order valence-corrected chi connectivity index (χ1v) is 9.29. The molecule has 1 saturated heterocycles. The molecule has 0 aliphatic carbocycles. The van der Waals surface area contributed by atoms with Gasteiger partial charge < -0.3 is 9.47 Å². The average Bonchev–Trinajstić information content (AvgIpc) is 3.13. The van der Waals surface area contributed by atoms with E-state index in [9.17, 15) is 8.42 Å². The summed E-state index contributed by atoms with van der Waals surface area (Å²) in [6.45, 7) is 3.90. The summed E-state index contributed by atoms with van der Waals surface area (Å²) in [6.07, 6.45) is 1.97. The van der Waals surface area contributed by atoms with Crippen LogP contribution >= 0.6 is 0 Å². The number of aryl methyl sites for hydroxylation is 1. The monoisotopic (exact) mass is 338 g/mol. The average molecular weight is 338 g/mol. The minimum absolute atomic E-state index is 0.147. The highest BCUT2D eigenvalue weighted by Gasteiger charge is 2.28. The quantitative estimate of drug-likeness (QED) is 0.801. The van der Waals surface area contributed by atoms with Crippen molar-refractivity contribution in [3.05, 3.63) is 18.3 Å². The predicted molar refractivity (Wildman–Crippen MR) is 88.7 cm³/mol. The Labute approximate surface area is 136 Å². The Morgan fingerprint density at radius 2 is 1.83 bits per heavy atom. The van der Waals surface area contributed by atoms with Crippen molar-refractivity contribution in [2.75, 3.05) is 36.8 Å². The van der Waals surface area contributed by atoms with Gasteiger partial charge in [0, 0.05) is 46.5 Å². The molecule has 0 spiro atoms. The molecule has 2 aromatic heterocycles. The molecular weight excluding hydrogens is 316 g/mol. The van der Waals surface area contributed by atoms with Gasteiger partial charge in [0.1, 0.15) is 0 Å². The molecule has 1 aliphatic heterocycles. The number of piperazine rings is 1. The fourth-order valence-electron chi connectivity index (χ4n) is 2.86. The lowest BCUT2D eigenvalue weighted by molar-refractivity contribution is 0.382. The summed E-state index contributed by atoms with van der Waals surface area (Å²) in [7, 11) is 0.795. The second kappa shape index (κ2) is 5.97. The number of hydrogen-bond acceptors (Lipinski definition) is 5. The topological polar surface area (TPSA) is 76.3 Å². The van der Waals surface area contributed by atoms with E-state index in [1.807, 2.05) is 41.6 Å². The third kappa shape index (κ3) is 2.86. The van der Waals surface area contributed by atoms with Crippen LogP contribution in [0.2, 0.25) is 0 Å². The normalized spacial score (nSPS) is 16.9. The van der Waals surface area contributed by atoms with Crippen LogP contribution < -0.4 is 4.90 Å². The van der Waals surface area contributed by atoms with Crippen molar-refractivity contribution in [2.24, 2.45) is 14.1 Å². The summed E-state index contributed by atoms with van der Waals surface area (Å²) in [5, 5.41) is 8.60. The molecule has 0 bridgehead atoms. The van der Waals surface area contributed by atoms with Gasteiger partial charge in [-0.2, -0.15) is 4.31 Å². The molecule has 0 atom stereocenters. The van der Waals surface area contributed by atoms with Gasteiger partial charge in [-0.25, -0.2) is 8.42 Å². The Bertz CT molecular complexity index is 786. The van der Waals surface area contributed by atoms with Crippen LogP contribution in [0.3, 0.4) is 0 Å². The van der Waals surface area contributed by atoms with Gasteiger partial charge in [-0.05, 0) is 19.1 Å². The van der Waals surface area contributed by atoms with Crippen LogP contribution in [0.5, 0.6) is 0 Å². The first-order chi connectivity index (χ1) is 10.9. The van der Waals surface area contributed by atoms with E-state index in [2.05, 4.69) is 15.1 Å². The third-order valence-corrected chi connectivity index (χ3v) is 6.19. The van der Waals surface area contributed by atoms with E-state index in [4.69, 9.17) is 0 Å². The molecule has 1 aliphatic rings. The number of aromatic nitrogens is 4. The van der Waals surface area contributed by atoms with Crippen molar-refractivity contribution in [2.45, 2.75) is 6.92 Å². The summed E-state index contributed by atoms with van der Waals surface area (Å²) in [6, 6.07) is 3.97. The second-order valence-corrected chi connectivity index (χ2v) is 7.93. The standard InChI is InChI=1S/C14H22N6O2S/c1-4-23(21,22)20-10-8-19(9-11-20)14-16-15-13(18(14)3)12-6-5-7-17(12)2/h5-7H,4,8-11H2,1-3H3.